The first-order valence-corrected chi connectivity index (χ1v) is 14.7. The Labute approximate surface area is 230 Å². The molecule has 37 heavy (non-hydrogen) atoms. The SMILES string of the molecule is CC1CN(Cc2nccs2)CCN1c1ccc(-c2nc3ncc(Br)c(NC4CCN(C)CC4)c3[nH]2)cc1. The van der Waals surface area contributed by atoms with Crippen LogP contribution in [0.4, 0.5) is 11.4 Å². The zero-order chi connectivity index (χ0) is 25.4. The number of aromatic nitrogens is 4. The molecule has 2 saturated heterocycles. The Hall–Kier alpha value is -2.53. The van der Waals surface area contributed by atoms with Crippen LogP contribution >= 0.6 is 27.3 Å². The third kappa shape index (κ3) is 5.38. The summed E-state index contributed by atoms with van der Waals surface area (Å²) in [7, 11) is 2.19. The molecular weight excluding hydrogens is 548 g/mol. The number of nitrogens with zero attached hydrogens (tertiary/aromatic N) is 6. The summed E-state index contributed by atoms with van der Waals surface area (Å²) in [6, 6.07) is 9.67. The highest BCUT2D eigenvalue weighted by Crippen LogP contribution is 2.33. The van der Waals surface area contributed by atoms with Crippen molar-refractivity contribution in [3.05, 3.63) is 51.5 Å². The summed E-state index contributed by atoms with van der Waals surface area (Å²) >= 11 is 5.44. The van der Waals surface area contributed by atoms with Gasteiger partial charge in [0.2, 0.25) is 0 Å². The summed E-state index contributed by atoms with van der Waals surface area (Å²) in [6.07, 6.45) is 6.01. The molecule has 2 aliphatic rings. The van der Waals surface area contributed by atoms with Gasteiger partial charge in [-0.2, -0.15) is 0 Å². The van der Waals surface area contributed by atoms with E-state index in [1.165, 1.54) is 10.7 Å². The van der Waals surface area contributed by atoms with Gasteiger partial charge in [-0.05, 0) is 80.1 Å². The Morgan fingerprint density at radius 3 is 2.65 bits per heavy atom. The normalized spacial score (nSPS) is 20.1. The number of hydrogen-bond acceptors (Lipinski definition) is 8. The monoisotopic (exact) mass is 580 g/mol. The predicted molar refractivity (Wildman–Crippen MR) is 155 cm³/mol. The minimum absolute atomic E-state index is 0.445. The molecule has 6 rings (SSSR count). The van der Waals surface area contributed by atoms with E-state index in [1.807, 2.05) is 12.4 Å². The minimum atomic E-state index is 0.445. The summed E-state index contributed by atoms with van der Waals surface area (Å²) in [5, 5.41) is 7.01. The molecule has 2 fully saturated rings. The van der Waals surface area contributed by atoms with Gasteiger partial charge >= 0.3 is 0 Å². The summed E-state index contributed by atoms with van der Waals surface area (Å²) in [4.78, 5) is 24.8. The van der Waals surface area contributed by atoms with Gasteiger partial charge in [-0.1, -0.05) is 0 Å². The smallest absolute Gasteiger partial charge is 0.180 e. The first-order chi connectivity index (χ1) is 18.0. The molecule has 194 valence electrons. The van der Waals surface area contributed by atoms with Crippen LogP contribution in [0.25, 0.3) is 22.6 Å². The van der Waals surface area contributed by atoms with Gasteiger partial charge in [0, 0.05) is 60.7 Å². The van der Waals surface area contributed by atoms with Gasteiger partial charge in [0.25, 0.3) is 0 Å². The number of hydrogen-bond donors (Lipinski definition) is 2. The predicted octanol–water partition coefficient (Wildman–Crippen LogP) is 5.06. The van der Waals surface area contributed by atoms with E-state index in [-0.39, 0.29) is 0 Å². The molecule has 0 radical (unpaired) electrons. The molecule has 2 aliphatic heterocycles. The quantitative estimate of drug-likeness (QED) is 0.330. The van der Waals surface area contributed by atoms with E-state index >= 15 is 0 Å². The number of aromatic amines is 1. The van der Waals surface area contributed by atoms with Crippen LogP contribution < -0.4 is 10.2 Å². The van der Waals surface area contributed by atoms with Gasteiger partial charge in [0.15, 0.2) is 5.65 Å². The summed E-state index contributed by atoms with van der Waals surface area (Å²) < 4.78 is 0.965. The number of benzene rings is 1. The topological polar surface area (TPSA) is 76.2 Å². The summed E-state index contributed by atoms with van der Waals surface area (Å²) in [5.74, 6) is 0.847. The van der Waals surface area contributed by atoms with Crippen LogP contribution in [-0.2, 0) is 6.54 Å². The van der Waals surface area contributed by atoms with Crippen molar-refractivity contribution in [2.75, 3.05) is 50.0 Å². The highest BCUT2D eigenvalue weighted by atomic mass is 79.9. The Bertz CT molecular complexity index is 1330. The Kier molecular flexibility index (Phi) is 7.16. The lowest BCUT2D eigenvalue weighted by Crippen LogP contribution is -2.51. The van der Waals surface area contributed by atoms with Crippen molar-refractivity contribution in [2.45, 2.75) is 38.4 Å². The van der Waals surface area contributed by atoms with E-state index in [1.54, 1.807) is 11.3 Å². The zero-order valence-electron chi connectivity index (χ0n) is 21.3. The summed E-state index contributed by atoms with van der Waals surface area (Å²) in [5.41, 5.74) is 5.07. The van der Waals surface area contributed by atoms with Crippen LogP contribution in [0.3, 0.4) is 0 Å². The van der Waals surface area contributed by atoms with Crippen molar-refractivity contribution in [2.24, 2.45) is 0 Å². The van der Waals surface area contributed by atoms with E-state index in [0.29, 0.717) is 12.1 Å². The van der Waals surface area contributed by atoms with Crippen LogP contribution in [0.5, 0.6) is 0 Å². The molecule has 0 aliphatic carbocycles. The number of likely N-dealkylation sites (tertiary alicyclic amines) is 1. The number of thiazole rings is 1. The van der Waals surface area contributed by atoms with Crippen molar-refractivity contribution in [3.63, 3.8) is 0 Å². The average Bonchev–Trinajstić information content (AvgIpc) is 3.58. The van der Waals surface area contributed by atoms with Gasteiger partial charge < -0.3 is 20.1 Å². The number of fused-ring (bicyclic) bond motifs is 1. The van der Waals surface area contributed by atoms with Crippen molar-refractivity contribution in [1.29, 1.82) is 0 Å². The molecule has 3 aromatic heterocycles. The molecule has 4 aromatic rings. The van der Waals surface area contributed by atoms with Crippen molar-refractivity contribution < 1.29 is 0 Å². The molecule has 1 unspecified atom stereocenters. The van der Waals surface area contributed by atoms with Crippen LogP contribution in [0.15, 0.2) is 46.5 Å². The second-order valence-corrected chi connectivity index (χ2v) is 12.1. The standard InChI is InChI=1S/C27H33BrN8S/c1-18-16-35(17-23-29-9-14-37-23)12-13-36(18)21-5-3-19(4-6-21)26-32-25-24(22(28)15-30-27(25)33-26)31-20-7-10-34(2)11-8-20/h3-6,9,14-15,18,20H,7-8,10-13,16-17H2,1-2H3,(H2,30,31,32,33). The van der Waals surface area contributed by atoms with E-state index in [0.717, 1.165) is 84.8 Å². The lowest BCUT2D eigenvalue weighted by atomic mass is 10.1. The fraction of sp³-hybridized carbons (Fsp3) is 0.444. The van der Waals surface area contributed by atoms with Gasteiger partial charge in [0.1, 0.15) is 16.3 Å². The van der Waals surface area contributed by atoms with Crippen molar-refractivity contribution >= 4 is 49.8 Å². The van der Waals surface area contributed by atoms with Gasteiger partial charge in [0.05, 0.1) is 16.7 Å². The highest BCUT2D eigenvalue weighted by Gasteiger charge is 2.25. The van der Waals surface area contributed by atoms with E-state index in [2.05, 4.69) is 94.5 Å². The fourth-order valence-electron chi connectivity index (χ4n) is 5.46. The number of H-pyrrole nitrogens is 1. The maximum Gasteiger partial charge on any atom is 0.180 e. The maximum atomic E-state index is 4.83. The molecule has 8 nitrogen and oxygen atoms in total. The fourth-order valence-corrected chi connectivity index (χ4v) is 6.53. The Morgan fingerprint density at radius 1 is 1.11 bits per heavy atom. The Balaban J connectivity index is 1.16. The number of piperidine rings is 1. The van der Waals surface area contributed by atoms with E-state index < -0.39 is 0 Å². The molecule has 0 bridgehead atoms. The average molecular weight is 582 g/mol. The third-order valence-electron chi connectivity index (χ3n) is 7.57. The molecule has 1 aromatic carbocycles. The van der Waals surface area contributed by atoms with Crippen LogP contribution in [0.2, 0.25) is 0 Å². The molecule has 0 spiro atoms. The lowest BCUT2D eigenvalue weighted by molar-refractivity contribution is 0.221. The Morgan fingerprint density at radius 2 is 1.92 bits per heavy atom. The number of rotatable bonds is 6. The number of pyridine rings is 1. The number of nitrogens with one attached hydrogen (secondary N) is 2. The van der Waals surface area contributed by atoms with E-state index in [4.69, 9.17) is 4.98 Å². The van der Waals surface area contributed by atoms with Gasteiger partial charge in [-0.15, -0.1) is 11.3 Å². The largest absolute Gasteiger partial charge is 0.379 e. The first-order valence-electron chi connectivity index (χ1n) is 13.0. The third-order valence-corrected chi connectivity index (χ3v) is 8.93. The molecule has 2 N–H and O–H groups in total. The van der Waals surface area contributed by atoms with Crippen LogP contribution in [0, 0.1) is 0 Å². The minimum Gasteiger partial charge on any atom is -0.379 e. The second kappa shape index (κ2) is 10.7. The first kappa shape index (κ1) is 24.8. The van der Waals surface area contributed by atoms with Gasteiger partial charge in [-0.3, -0.25) is 4.90 Å². The second-order valence-electron chi connectivity index (χ2n) is 10.2. The molecule has 10 heteroatoms. The van der Waals surface area contributed by atoms with Crippen molar-refractivity contribution in [1.82, 2.24) is 29.7 Å². The van der Waals surface area contributed by atoms with Gasteiger partial charge in [-0.25, -0.2) is 15.0 Å². The van der Waals surface area contributed by atoms with Crippen LogP contribution in [0.1, 0.15) is 24.8 Å². The molecule has 5 heterocycles. The lowest BCUT2D eigenvalue weighted by Gasteiger charge is -2.41. The maximum absolute atomic E-state index is 4.83. The van der Waals surface area contributed by atoms with Crippen molar-refractivity contribution in [3.8, 4) is 11.4 Å². The highest BCUT2D eigenvalue weighted by molar-refractivity contribution is 9.10. The summed E-state index contributed by atoms with van der Waals surface area (Å²) in [6.45, 7) is 8.58. The zero-order valence-corrected chi connectivity index (χ0v) is 23.7. The number of piperazine rings is 1. The number of halogens is 1. The van der Waals surface area contributed by atoms with Crippen LogP contribution in [-0.4, -0.2) is 81.6 Å². The van der Waals surface area contributed by atoms with E-state index in [9.17, 15) is 0 Å². The number of anilines is 2. The molecule has 0 saturated carbocycles. The number of imidazole rings is 1. The molecule has 0 amide bonds. The molecular formula is C27H33BrN8S. The molecule has 1 atom stereocenters.